The highest BCUT2D eigenvalue weighted by atomic mass is 15.0. The molecule has 0 aromatic rings. The second kappa shape index (κ2) is 4.76. The quantitative estimate of drug-likeness (QED) is 0.784. The molecule has 4 saturated carbocycles. The molecule has 0 amide bonds. The van der Waals surface area contributed by atoms with E-state index in [1.54, 1.807) is 19.3 Å². The number of hydrogen-bond donors (Lipinski definition) is 1. The van der Waals surface area contributed by atoms with Gasteiger partial charge in [0.1, 0.15) is 0 Å². The fraction of sp³-hybridized carbons (Fsp3) is 1.00. The molecule has 4 rings (SSSR count). The third kappa shape index (κ3) is 2.17. The zero-order chi connectivity index (χ0) is 13.0. The van der Waals surface area contributed by atoms with Crippen molar-refractivity contribution in [3.8, 4) is 0 Å². The summed E-state index contributed by atoms with van der Waals surface area (Å²) in [6.45, 7) is 4.91. The van der Waals surface area contributed by atoms with Gasteiger partial charge in [-0.05, 0) is 80.5 Å². The van der Waals surface area contributed by atoms with Crippen LogP contribution in [0, 0.1) is 35.5 Å². The minimum Gasteiger partial charge on any atom is -0.311 e. The van der Waals surface area contributed by atoms with Crippen molar-refractivity contribution in [3.05, 3.63) is 0 Å². The first-order valence-corrected chi connectivity index (χ1v) is 8.96. The van der Waals surface area contributed by atoms with Gasteiger partial charge in [-0.2, -0.15) is 0 Å². The Kier molecular flexibility index (Phi) is 3.17. The predicted molar refractivity (Wildman–Crippen MR) is 79.9 cm³/mol. The molecule has 4 aliphatic carbocycles. The van der Waals surface area contributed by atoms with E-state index in [4.69, 9.17) is 0 Å². The Bertz CT molecular complexity index is 329. The molecular weight excluding hydrogens is 230 g/mol. The minimum absolute atomic E-state index is 0.836. The van der Waals surface area contributed by atoms with Gasteiger partial charge in [0.2, 0.25) is 0 Å². The van der Waals surface area contributed by atoms with Gasteiger partial charge < -0.3 is 5.32 Å². The van der Waals surface area contributed by atoms with Crippen molar-refractivity contribution in [2.24, 2.45) is 35.5 Å². The highest BCUT2D eigenvalue weighted by Crippen LogP contribution is 2.58. The van der Waals surface area contributed by atoms with Crippen LogP contribution in [0.25, 0.3) is 0 Å². The van der Waals surface area contributed by atoms with Gasteiger partial charge in [0.05, 0.1) is 0 Å². The van der Waals surface area contributed by atoms with Gasteiger partial charge in [0.25, 0.3) is 0 Å². The van der Waals surface area contributed by atoms with Crippen LogP contribution in [0.4, 0.5) is 0 Å². The second-order valence-corrected chi connectivity index (χ2v) is 8.54. The highest BCUT2D eigenvalue weighted by Gasteiger charge is 2.53. The molecule has 0 aliphatic heterocycles. The molecule has 0 saturated heterocycles. The van der Waals surface area contributed by atoms with Crippen LogP contribution >= 0.6 is 0 Å². The lowest BCUT2D eigenvalue weighted by atomic mass is 9.77. The van der Waals surface area contributed by atoms with Crippen LogP contribution in [-0.4, -0.2) is 12.1 Å². The Morgan fingerprint density at radius 3 is 2.26 bits per heavy atom. The molecule has 108 valence electrons. The average molecular weight is 261 g/mol. The molecule has 0 aromatic heterocycles. The van der Waals surface area contributed by atoms with E-state index in [9.17, 15) is 0 Å². The maximum Gasteiger partial charge on any atom is 0.0103 e. The molecule has 1 nitrogen and oxygen atoms in total. The molecule has 7 unspecified atom stereocenters. The molecule has 0 radical (unpaired) electrons. The third-order valence-corrected chi connectivity index (χ3v) is 7.06. The Labute approximate surface area is 118 Å². The minimum atomic E-state index is 0.836. The van der Waals surface area contributed by atoms with Crippen molar-refractivity contribution in [2.45, 2.75) is 77.3 Å². The number of hydrogen-bond acceptors (Lipinski definition) is 1. The molecule has 2 bridgehead atoms. The molecule has 4 fully saturated rings. The highest BCUT2D eigenvalue weighted by molar-refractivity contribution is 5.06. The van der Waals surface area contributed by atoms with Gasteiger partial charge in [-0.15, -0.1) is 0 Å². The van der Waals surface area contributed by atoms with E-state index in [1.807, 2.05) is 0 Å². The fourth-order valence-electron chi connectivity index (χ4n) is 6.65. The molecular formula is C18H31N. The summed E-state index contributed by atoms with van der Waals surface area (Å²) in [6, 6.07) is 1.73. The van der Waals surface area contributed by atoms with Gasteiger partial charge in [0, 0.05) is 12.1 Å². The summed E-state index contributed by atoms with van der Waals surface area (Å²) in [4.78, 5) is 0. The molecule has 0 spiro atoms. The largest absolute Gasteiger partial charge is 0.311 e. The maximum atomic E-state index is 4.12. The topological polar surface area (TPSA) is 12.0 Å². The lowest BCUT2D eigenvalue weighted by molar-refractivity contribution is 0.165. The van der Waals surface area contributed by atoms with Crippen LogP contribution in [0.2, 0.25) is 0 Å². The first kappa shape index (κ1) is 12.7. The van der Waals surface area contributed by atoms with E-state index in [2.05, 4.69) is 19.2 Å². The summed E-state index contributed by atoms with van der Waals surface area (Å²) >= 11 is 0. The van der Waals surface area contributed by atoms with Crippen LogP contribution in [-0.2, 0) is 0 Å². The smallest absolute Gasteiger partial charge is 0.0103 e. The van der Waals surface area contributed by atoms with Crippen molar-refractivity contribution in [1.29, 1.82) is 0 Å². The maximum absolute atomic E-state index is 4.12. The number of rotatable bonds is 2. The zero-order valence-electron chi connectivity index (χ0n) is 12.8. The van der Waals surface area contributed by atoms with E-state index in [1.165, 1.54) is 32.1 Å². The Morgan fingerprint density at radius 1 is 0.737 bits per heavy atom. The van der Waals surface area contributed by atoms with Crippen molar-refractivity contribution in [1.82, 2.24) is 5.32 Å². The first-order chi connectivity index (χ1) is 9.20. The summed E-state index contributed by atoms with van der Waals surface area (Å²) in [6.07, 6.45) is 12.1. The van der Waals surface area contributed by atoms with Crippen LogP contribution in [0.3, 0.4) is 0 Å². The molecule has 4 aliphatic rings. The number of fused-ring (bicyclic) bond motifs is 5. The summed E-state index contributed by atoms with van der Waals surface area (Å²) in [7, 11) is 0. The molecule has 0 heterocycles. The summed E-state index contributed by atoms with van der Waals surface area (Å²) in [5.74, 6) is 6.32. The van der Waals surface area contributed by atoms with Gasteiger partial charge in [-0.1, -0.05) is 20.3 Å². The summed E-state index contributed by atoms with van der Waals surface area (Å²) in [5.41, 5.74) is 0. The van der Waals surface area contributed by atoms with Crippen molar-refractivity contribution in [3.63, 3.8) is 0 Å². The molecule has 1 heteroatoms. The molecule has 0 aromatic carbocycles. The van der Waals surface area contributed by atoms with Crippen LogP contribution in [0.15, 0.2) is 0 Å². The van der Waals surface area contributed by atoms with E-state index in [0.29, 0.717) is 0 Å². The van der Waals surface area contributed by atoms with Crippen LogP contribution in [0.1, 0.15) is 65.2 Å². The Balaban J connectivity index is 1.39. The molecule has 7 atom stereocenters. The Hall–Kier alpha value is -0.0400. The SMILES string of the molecule is CC1CC(C)CC(NC2CC3CC2C2CCCC32)C1. The van der Waals surface area contributed by atoms with E-state index in [-0.39, 0.29) is 0 Å². The normalized spacial score (nSPS) is 56.5. The van der Waals surface area contributed by atoms with Gasteiger partial charge >= 0.3 is 0 Å². The lowest BCUT2D eigenvalue weighted by Gasteiger charge is -2.38. The van der Waals surface area contributed by atoms with Gasteiger partial charge in [0.15, 0.2) is 0 Å². The van der Waals surface area contributed by atoms with Gasteiger partial charge in [-0.3, -0.25) is 0 Å². The monoisotopic (exact) mass is 261 g/mol. The first-order valence-electron chi connectivity index (χ1n) is 8.96. The average Bonchev–Trinajstić information content (AvgIpc) is 2.97. The third-order valence-electron chi connectivity index (χ3n) is 7.06. The molecule has 19 heavy (non-hydrogen) atoms. The summed E-state index contributed by atoms with van der Waals surface area (Å²) < 4.78 is 0. The predicted octanol–water partition coefficient (Wildman–Crippen LogP) is 4.23. The van der Waals surface area contributed by atoms with Crippen molar-refractivity contribution in [2.75, 3.05) is 0 Å². The van der Waals surface area contributed by atoms with Crippen LogP contribution in [0.5, 0.6) is 0 Å². The standard InChI is InChI=1S/C18H31N/c1-11-6-12(2)8-14(7-11)19-18-10-13-9-17(18)16-5-3-4-15(13)16/h11-19H,3-10H2,1-2H3. The second-order valence-electron chi connectivity index (χ2n) is 8.54. The van der Waals surface area contributed by atoms with Gasteiger partial charge in [-0.25, -0.2) is 0 Å². The number of nitrogens with one attached hydrogen (secondary N) is 1. The summed E-state index contributed by atoms with van der Waals surface area (Å²) in [5, 5.41) is 4.12. The Morgan fingerprint density at radius 2 is 1.47 bits per heavy atom. The fourth-order valence-corrected chi connectivity index (χ4v) is 6.65. The van der Waals surface area contributed by atoms with E-state index < -0.39 is 0 Å². The zero-order valence-corrected chi connectivity index (χ0v) is 12.8. The van der Waals surface area contributed by atoms with Crippen molar-refractivity contribution < 1.29 is 0 Å². The van der Waals surface area contributed by atoms with E-state index >= 15 is 0 Å². The molecule has 1 N–H and O–H groups in total. The van der Waals surface area contributed by atoms with Crippen LogP contribution < -0.4 is 5.32 Å². The lowest BCUT2D eigenvalue weighted by Crippen LogP contribution is -2.47. The van der Waals surface area contributed by atoms with E-state index in [0.717, 1.165) is 47.6 Å². The van der Waals surface area contributed by atoms with Crippen molar-refractivity contribution >= 4 is 0 Å².